The smallest absolute Gasteiger partial charge is 0.255 e. The highest BCUT2D eigenvalue weighted by Crippen LogP contribution is 2.24. The maximum absolute atomic E-state index is 13.0. The van der Waals surface area contributed by atoms with E-state index in [2.05, 4.69) is 10.3 Å². The molecule has 1 fully saturated rings. The van der Waals surface area contributed by atoms with Crippen LogP contribution in [0.5, 0.6) is 5.75 Å². The molecule has 0 aliphatic carbocycles. The number of aromatic nitrogens is 1. The second kappa shape index (κ2) is 13.2. The number of hydrogen-bond acceptors (Lipinski definition) is 6. The predicted molar refractivity (Wildman–Crippen MR) is 135 cm³/mol. The fourth-order valence-corrected chi connectivity index (χ4v) is 4.52. The summed E-state index contributed by atoms with van der Waals surface area (Å²) in [7, 11) is 0. The molecule has 190 valence electrons. The van der Waals surface area contributed by atoms with Gasteiger partial charge in [0.15, 0.2) is 0 Å². The van der Waals surface area contributed by atoms with E-state index in [0.717, 1.165) is 49.2 Å². The summed E-state index contributed by atoms with van der Waals surface area (Å²) in [6, 6.07) is 9.72. The number of carbonyl (C=O) groups excluding carboxylic acids is 2. The lowest BCUT2D eigenvalue weighted by Crippen LogP contribution is -2.37. The van der Waals surface area contributed by atoms with Crippen molar-refractivity contribution < 1.29 is 19.4 Å². The highest BCUT2D eigenvalue weighted by Gasteiger charge is 2.23. The van der Waals surface area contributed by atoms with E-state index >= 15 is 0 Å². The van der Waals surface area contributed by atoms with Crippen LogP contribution in [0.2, 0.25) is 0 Å². The van der Waals surface area contributed by atoms with Gasteiger partial charge >= 0.3 is 0 Å². The van der Waals surface area contributed by atoms with Gasteiger partial charge in [-0.25, -0.2) is 0 Å². The molecule has 1 aromatic carbocycles. The molecule has 1 aromatic heterocycles. The molecule has 0 radical (unpaired) electrons. The lowest BCUT2D eigenvalue weighted by molar-refractivity contribution is -0.130. The monoisotopic (exact) mass is 482 g/mol. The van der Waals surface area contributed by atoms with Crippen LogP contribution in [-0.4, -0.2) is 59.1 Å². The molecule has 35 heavy (non-hydrogen) atoms. The maximum atomic E-state index is 13.0. The summed E-state index contributed by atoms with van der Waals surface area (Å²) in [5.41, 5.74) is 9.25. The van der Waals surface area contributed by atoms with Crippen LogP contribution in [-0.2, 0) is 24.2 Å². The van der Waals surface area contributed by atoms with Crippen molar-refractivity contribution in [2.45, 2.75) is 58.6 Å². The predicted octanol–water partition coefficient (Wildman–Crippen LogP) is 2.46. The molecule has 2 aromatic rings. The summed E-state index contributed by atoms with van der Waals surface area (Å²) in [6.45, 7) is 6.03. The minimum atomic E-state index is -0.673. The van der Waals surface area contributed by atoms with Crippen molar-refractivity contribution in [1.82, 2.24) is 15.2 Å². The van der Waals surface area contributed by atoms with Gasteiger partial charge in [-0.1, -0.05) is 24.3 Å². The van der Waals surface area contributed by atoms with Crippen LogP contribution in [0, 0.1) is 5.92 Å². The molecule has 0 unspecified atom stereocenters. The number of pyridine rings is 1. The standard InChI is InChI=1S/C27H38N4O4/c1-3-35-26-18-29-23(14-20-10-12-31(13-11-20)19(2)32)15-25(26)27(34)30-17-24(33)9-8-21-6-4-5-7-22(21)16-28/h4-7,15,18,20,24,33H,3,8-14,16-17,28H2,1-2H3,(H,30,34)/t24-/m0/s1. The van der Waals surface area contributed by atoms with Crippen LogP contribution in [0.1, 0.15) is 60.3 Å². The van der Waals surface area contributed by atoms with E-state index in [4.69, 9.17) is 10.5 Å². The Hall–Kier alpha value is -2.97. The van der Waals surface area contributed by atoms with E-state index in [0.29, 0.717) is 43.2 Å². The van der Waals surface area contributed by atoms with Gasteiger partial charge in [-0.15, -0.1) is 0 Å². The first-order chi connectivity index (χ1) is 16.9. The molecular weight excluding hydrogens is 444 g/mol. The van der Waals surface area contributed by atoms with Gasteiger partial charge in [-0.2, -0.15) is 0 Å². The first-order valence-electron chi connectivity index (χ1n) is 12.5. The normalized spacial score (nSPS) is 15.0. The lowest BCUT2D eigenvalue weighted by Gasteiger charge is -2.31. The Kier molecular flexibility index (Phi) is 10.0. The molecule has 2 amide bonds. The number of hydrogen-bond donors (Lipinski definition) is 3. The zero-order valence-corrected chi connectivity index (χ0v) is 20.8. The van der Waals surface area contributed by atoms with Gasteiger partial charge < -0.3 is 25.8 Å². The molecule has 1 saturated heterocycles. The summed E-state index contributed by atoms with van der Waals surface area (Å²) < 4.78 is 5.64. The number of nitrogens with two attached hydrogens (primary N) is 1. The molecule has 8 heteroatoms. The van der Waals surface area contributed by atoms with Crippen LogP contribution in [0.25, 0.3) is 0 Å². The van der Waals surface area contributed by atoms with Crippen molar-refractivity contribution in [1.29, 1.82) is 0 Å². The van der Waals surface area contributed by atoms with Gasteiger partial charge in [0.2, 0.25) is 5.91 Å². The summed E-state index contributed by atoms with van der Waals surface area (Å²) in [5, 5.41) is 13.3. The number of ether oxygens (including phenoxy) is 1. The van der Waals surface area contributed by atoms with Crippen LogP contribution in [0.4, 0.5) is 0 Å². The molecular formula is C27H38N4O4. The Labute approximate surface area is 207 Å². The summed E-state index contributed by atoms with van der Waals surface area (Å²) in [6.07, 6.45) is 4.76. The second-order valence-electron chi connectivity index (χ2n) is 9.13. The Balaban J connectivity index is 1.57. The number of nitrogens with one attached hydrogen (secondary N) is 1. The number of likely N-dealkylation sites (tertiary alicyclic amines) is 1. The zero-order chi connectivity index (χ0) is 25.2. The fourth-order valence-electron chi connectivity index (χ4n) is 4.52. The van der Waals surface area contributed by atoms with Crippen molar-refractivity contribution in [3.05, 3.63) is 58.9 Å². The van der Waals surface area contributed by atoms with Crippen LogP contribution in [0.15, 0.2) is 36.5 Å². The maximum Gasteiger partial charge on any atom is 0.255 e. The molecule has 1 atom stereocenters. The van der Waals surface area contributed by atoms with Crippen molar-refractivity contribution >= 4 is 11.8 Å². The van der Waals surface area contributed by atoms with E-state index in [1.54, 1.807) is 19.2 Å². The van der Waals surface area contributed by atoms with Gasteiger partial charge in [0.05, 0.1) is 24.5 Å². The number of carbonyl (C=O) groups is 2. The number of amides is 2. The second-order valence-corrected chi connectivity index (χ2v) is 9.13. The zero-order valence-electron chi connectivity index (χ0n) is 20.8. The number of aliphatic hydroxyl groups is 1. The summed E-state index contributed by atoms with van der Waals surface area (Å²) in [4.78, 5) is 31.0. The third-order valence-corrected chi connectivity index (χ3v) is 6.61. The van der Waals surface area contributed by atoms with Crippen molar-refractivity contribution in [3.8, 4) is 5.75 Å². The third kappa shape index (κ3) is 7.77. The molecule has 0 saturated carbocycles. The van der Waals surface area contributed by atoms with E-state index in [9.17, 15) is 14.7 Å². The largest absolute Gasteiger partial charge is 0.491 e. The fraction of sp³-hybridized carbons (Fsp3) is 0.519. The Morgan fingerprint density at radius 2 is 1.97 bits per heavy atom. The van der Waals surface area contributed by atoms with Gasteiger partial charge in [-0.3, -0.25) is 14.6 Å². The molecule has 4 N–H and O–H groups in total. The average Bonchev–Trinajstić information content (AvgIpc) is 2.87. The Morgan fingerprint density at radius 3 is 2.63 bits per heavy atom. The van der Waals surface area contributed by atoms with Gasteiger partial charge in [-0.05, 0) is 62.1 Å². The van der Waals surface area contributed by atoms with E-state index < -0.39 is 6.10 Å². The van der Waals surface area contributed by atoms with Gasteiger partial charge in [0.25, 0.3) is 5.91 Å². The van der Waals surface area contributed by atoms with E-state index in [-0.39, 0.29) is 18.4 Å². The van der Waals surface area contributed by atoms with E-state index in [1.807, 2.05) is 36.1 Å². The highest BCUT2D eigenvalue weighted by molar-refractivity contribution is 5.96. The molecule has 0 bridgehead atoms. The third-order valence-electron chi connectivity index (χ3n) is 6.61. The number of nitrogens with zero attached hydrogens (tertiary/aromatic N) is 2. The number of benzene rings is 1. The summed E-state index contributed by atoms with van der Waals surface area (Å²) in [5.74, 6) is 0.689. The topological polar surface area (TPSA) is 118 Å². The first kappa shape index (κ1) is 26.6. The SMILES string of the molecule is CCOc1cnc(CC2CCN(C(C)=O)CC2)cc1C(=O)NC[C@@H](O)CCc1ccccc1CN. The van der Waals surface area contributed by atoms with Gasteiger partial charge in [0, 0.05) is 38.8 Å². The molecule has 0 spiro atoms. The molecule has 1 aliphatic rings. The number of aryl methyl sites for hydroxylation is 1. The number of rotatable bonds is 11. The van der Waals surface area contributed by atoms with Crippen LogP contribution >= 0.6 is 0 Å². The Morgan fingerprint density at radius 1 is 1.26 bits per heavy atom. The van der Waals surface area contributed by atoms with Crippen molar-refractivity contribution in [2.24, 2.45) is 11.7 Å². The van der Waals surface area contributed by atoms with Crippen molar-refractivity contribution in [2.75, 3.05) is 26.2 Å². The molecule has 1 aliphatic heterocycles. The minimum absolute atomic E-state index is 0.118. The first-order valence-corrected chi connectivity index (χ1v) is 12.5. The van der Waals surface area contributed by atoms with Crippen LogP contribution in [0.3, 0.4) is 0 Å². The number of aliphatic hydroxyl groups excluding tert-OH is 1. The highest BCUT2D eigenvalue weighted by atomic mass is 16.5. The van der Waals surface area contributed by atoms with Crippen molar-refractivity contribution in [3.63, 3.8) is 0 Å². The summed E-state index contributed by atoms with van der Waals surface area (Å²) >= 11 is 0. The number of piperidine rings is 1. The van der Waals surface area contributed by atoms with Gasteiger partial charge in [0.1, 0.15) is 5.75 Å². The lowest BCUT2D eigenvalue weighted by atomic mass is 9.91. The minimum Gasteiger partial charge on any atom is -0.491 e. The Bertz CT molecular complexity index is 989. The van der Waals surface area contributed by atoms with E-state index in [1.165, 1.54) is 0 Å². The van der Waals surface area contributed by atoms with Crippen LogP contribution < -0.4 is 15.8 Å². The average molecular weight is 483 g/mol. The quantitative estimate of drug-likeness (QED) is 0.453. The molecule has 2 heterocycles. The molecule has 3 rings (SSSR count). The molecule has 8 nitrogen and oxygen atoms in total.